The van der Waals surface area contributed by atoms with Gasteiger partial charge >= 0.3 is 0 Å². The fraction of sp³-hybridized carbons (Fsp3) is 0.350. The lowest BCUT2D eigenvalue weighted by molar-refractivity contribution is 0.178. The van der Waals surface area contributed by atoms with Crippen molar-refractivity contribution >= 4 is 5.71 Å². The number of hydrogen-bond acceptors (Lipinski definition) is 4. The first-order chi connectivity index (χ1) is 11.7. The zero-order valence-corrected chi connectivity index (χ0v) is 14.5. The van der Waals surface area contributed by atoms with Crippen LogP contribution in [0, 0.1) is 0 Å². The maximum atomic E-state index is 5.85. The van der Waals surface area contributed by atoms with E-state index in [-0.39, 0.29) is 6.23 Å². The van der Waals surface area contributed by atoms with E-state index in [0.717, 1.165) is 11.3 Å². The van der Waals surface area contributed by atoms with Gasteiger partial charge in [0.15, 0.2) is 17.7 Å². The molecular weight excluding hydrogens is 300 g/mol. The van der Waals surface area contributed by atoms with Crippen LogP contribution in [-0.4, -0.2) is 19.0 Å². The first-order valence-electron chi connectivity index (χ1n) is 8.39. The third-order valence-electron chi connectivity index (χ3n) is 4.30. The fourth-order valence-corrected chi connectivity index (χ4v) is 2.98. The highest BCUT2D eigenvalue weighted by atomic mass is 16.5. The Hall–Kier alpha value is -2.49. The van der Waals surface area contributed by atoms with Gasteiger partial charge in [-0.25, -0.2) is 0 Å². The molecule has 3 rings (SSSR count). The van der Waals surface area contributed by atoms with Gasteiger partial charge in [-0.05, 0) is 68.0 Å². The molecule has 4 nitrogen and oxygen atoms in total. The molecule has 0 bridgehead atoms. The normalized spacial score (nSPS) is 14.9. The van der Waals surface area contributed by atoms with Crippen molar-refractivity contribution in [2.45, 2.75) is 39.3 Å². The van der Waals surface area contributed by atoms with Crippen molar-refractivity contribution in [3.05, 3.63) is 59.2 Å². The number of hydrazone groups is 1. The van der Waals surface area contributed by atoms with Crippen molar-refractivity contribution in [3.63, 3.8) is 0 Å². The summed E-state index contributed by atoms with van der Waals surface area (Å²) in [5.74, 6) is 1.41. The molecule has 2 aromatic carbocycles. The predicted octanol–water partition coefficient (Wildman–Crippen LogP) is 3.92. The molecule has 0 fully saturated rings. The molecule has 1 unspecified atom stereocenters. The zero-order valence-electron chi connectivity index (χ0n) is 14.5. The van der Waals surface area contributed by atoms with Crippen molar-refractivity contribution in [3.8, 4) is 11.5 Å². The van der Waals surface area contributed by atoms with Gasteiger partial charge < -0.3 is 9.47 Å². The van der Waals surface area contributed by atoms with E-state index in [2.05, 4.69) is 28.7 Å². The van der Waals surface area contributed by atoms with Crippen molar-refractivity contribution in [1.29, 1.82) is 0 Å². The molecule has 1 aliphatic carbocycles. The summed E-state index contributed by atoms with van der Waals surface area (Å²) in [6.07, 6.45) is 3.38. The summed E-state index contributed by atoms with van der Waals surface area (Å²) in [4.78, 5) is 0. The van der Waals surface area contributed by atoms with E-state index in [9.17, 15) is 0 Å². The van der Waals surface area contributed by atoms with E-state index in [0.29, 0.717) is 11.5 Å². The largest absolute Gasteiger partial charge is 0.493 e. The standard InChI is InChI=1S/C20H24N2O2/c1-14(17-12-11-16-7-6-8-18(16)13-17)21-22-15(2)24-20-10-5-4-9-19(20)23-3/h4-5,9-13,15,22H,6-8H2,1-3H3/b21-14+. The minimum atomic E-state index is -0.259. The highest BCUT2D eigenvalue weighted by Crippen LogP contribution is 2.26. The van der Waals surface area contributed by atoms with E-state index in [4.69, 9.17) is 9.47 Å². The number of fused-ring (bicyclic) bond motifs is 1. The van der Waals surface area contributed by atoms with Crippen molar-refractivity contribution < 1.29 is 9.47 Å². The molecule has 0 amide bonds. The van der Waals surface area contributed by atoms with Gasteiger partial charge in [-0.1, -0.05) is 24.3 Å². The Morgan fingerprint density at radius 3 is 2.62 bits per heavy atom. The van der Waals surface area contributed by atoms with Crippen LogP contribution in [0.25, 0.3) is 0 Å². The molecule has 4 heteroatoms. The van der Waals surface area contributed by atoms with Crippen LogP contribution in [0.1, 0.15) is 37.0 Å². The number of para-hydroxylation sites is 2. The van der Waals surface area contributed by atoms with Crippen LogP contribution in [0.15, 0.2) is 47.6 Å². The monoisotopic (exact) mass is 324 g/mol. The topological polar surface area (TPSA) is 42.9 Å². The maximum Gasteiger partial charge on any atom is 0.181 e. The summed E-state index contributed by atoms with van der Waals surface area (Å²) in [7, 11) is 1.64. The number of nitrogens with one attached hydrogen (secondary N) is 1. The van der Waals surface area contributed by atoms with Crippen molar-refractivity contribution in [1.82, 2.24) is 5.43 Å². The number of methoxy groups -OCH3 is 1. The van der Waals surface area contributed by atoms with Crippen LogP contribution in [-0.2, 0) is 12.8 Å². The SMILES string of the molecule is COc1ccccc1OC(C)N/N=C(\C)c1ccc2c(c1)CCC2. The lowest BCUT2D eigenvalue weighted by atomic mass is 10.0. The van der Waals surface area contributed by atoms with E-state index < -0.39 is 0 Å². The summed E-state index contributed by atoms with van der Waals surface area (Å²) < 4.78 is 11.1. The zero-order chi connectivity index (χ0) is 16.9. The quantitative estimate of drug-likeness (QED) is 0.497. The molecule has 0 spiro atoms. The number of nitrogens with zero attached hydrogens (tertiary/aromatic N) is 1. The molecule has 0 heterocycles. The minimum Gasteiger partial charge on any atom is -0.493 e. The van der Waals surface area contributed by atoms with Gasteiger partial charge in [0.2, 0.25) is 0 Å². The Labute approximate surface area is 143 Å². The van der Waals surface area contributed by atoms with Gasteiger partial charge in [0.05, 0.1) is 12.8 Å². The number of ether oxygens (including phenoxy) is 2. The molecule has 1 atom stereocenters. The van der Waals surface area contributed by atoms with Crippen LogP contribution < -0.4 is 14.9 Å². The minimum absolute atomic E-state index is 0.259. The van der Waals surface area contributed by atoms with Crippen LogP contribution in [0.3, 0.4) is 0 Å². The van der Waals surface area contributed by atoms with E-state index in [1.165, 1.54) is 30.4 Å². The fourth-order valence-electron chi connectivity index (χ4n) is 2.98. The lowest BCUT2D eigenvalue weighted by Crippen LogP contribution is -2.28. The molecular formula is C20H24N2O2. The average Bonchev–Trinajstić information content (AvgIpc) is 3.07. The second-order valence-corrected chi connectivity index (χ2v) is 6.07. The van der Waals surface area contributed by atoms with Crippen LogP contribution in [0.5, 0.6) is 11.5 Å². The first kappa shape index (κ1) is 16.4. The summed E-state index contributed by atoms with van der Waals surface area (Å²) in [6.45, 7) is 3.94. The third-order valence-corrected chi connectivity index (χ3v) is 4.30. The van der Waals surface area contributed by atoms with Gasteiger partial charge in [0.1, 0.15) is 0 Å². The highest BCUT2D eigenvalue weighted by molar-refractivity contribution is 5.98. The smallest absolute Gasteiger partial charge is 0.181 e. The summed E-state index contributed by atoms with van der Waals surface area (Å²) in [5, 5.41) is 4.47. The highest BCUT2D eigenvalue weighted by Gasteiger charge is 2.12. The molecule has 0 aromatic heterocycles. The van der Waals surface area contributed by atoms with Crippen molar-refractivity contribution in [2.75, 3.05) is 7.11 Å². The molecule has 24 heavy (non-hydrogen) atoms. The van der Waals surface area contributed by atoms with E-state index in [1.54, 1.807) is 7.11 Å². The van der Waals surface area contributed by atoms with Gasteiger partial charge in [-0.2, -0.15) is 5.10 Å². The van der Waals surface area contributed by atoms with Crippen LogP contribution in [0.2, 0.25) is 0 Å². The summed E-state index contributed by atoms with van der Waals surface area (Å²) >= 11 is 0. The third kappa shape index (κ3) is 3.70. The van der Waals surface area contributed by atoms with Crippen LogP contribution >= 0.6 is 0 Å². The second-order valence-electron chi connectivity index (χ2n) is 6.07. The Morgan fingerprint density at radius 2 is 1.83 bits per heavy atom. The molecule has 0 aliphatic heterocycles. The van der Waals surface area contributed by atoms with E-state index in [1.807, 2.05) is 38.1 Å². The number of hydrogen-bond donors (Lipinski definition) is 1. The number of aryl methyl sites for hydroxylation is 2. The van der Waals surface area contributed by atoms with Crippen molar-refractivity contribution in [2.24, 2.45) is 5.10 Å². The first-order valence-corrected chi connectivity index (χ1v) is 8.39. The van der Waals surface area contributed by atoms with Gasteiger partial charge in [-0.15, -0.1) is 0 Å². The maximum absolute atomic E-state index is 5.85. The Balaban J connectivity index is 1.64. The molecule has 126 valence electrons. The summed E-state index contributed by atoms with van der Waals surface area (Å²) in [6, 6.07) is 14.2. The Kier molecular flexibility index (Phi) is 5.04. The molecule has 1 N–H and O–H groups in total. The Bertz CT molecular complexity index is 740. The predicted molar refractivity (Wildman–Crippen MR) is 96.9 cm³/mol. The van der Waals surface area contributed by atoms with Gasteiger partial charge in [-0.3, -0.25) is 5.43 Å². The Morgan fingerprint density at radius 1 is 1.08 bits per heavy atom. The summed E-state index contributed by atoms with van der Waals surface area (Å²) in [5.41, 5.74) is 8.11. The van der Waals surface area contributed by atoms with E-state index >= 15 is 0 Å². The lowest BCUT2D eigenvalue weighted by Gasteiger charge is -2.16. The molecule has 0 saturated carbocycles. The number of benzene rings is 2. The average molecular weight is 324 g/mol. The molecule has 0 saturated heterocycles. The molecule has 2 aromatic rings. The molecule has 1 aliphatic rings. The van der Waals surface area contributed by atoms with Gasteiger partial charge in [0, 0.05) is 0 Å². The van der Waals surface area contributed by atoms with Gasteiger partial charge in [0.25, 0.3) is 0 Å². The number of rotatable bonds is 6. The molecule has 0 radical (unpaired) electrons. The van der Waals surface area contributed by atoms with Crippen LogP contribution in [0.4, 0.5) is 0 Å². The second kappa shape index (κ2) is 7.39.